The molecule has 1 aliphatic heterocycles. The van der Waals surface area contributed by atoms with Gasteiger partial charge in [0.1, 0.15) is 6.10 Å². The predicted molar refractivity (Wildman–Crippen MR) is 71.7 cm³/mol. The van der Waals surface area contributed by atoms with Gasteiger partial charge in [-0.25, -0.2) is 4.79 Å². The van der Waals surface area contributed by atoms with Gasteiger partial charge in [-0.05, 0) is 51.4 Å². The third-order valence-corrected chi connectivity index (χ3v) is 3.39. The largest absolute Gasteiger partial charge is 0.458 e. The number of benzene rings is 1. The number of rotatable bonds is 4. The van der Waals surface area contributed by atoms with Gasteiger partial charge in [-0.1, -0.05) is 18.2 Å². The SMILES string of the molecule is Cc1ccccc1C(=O)OC(C)CN1CCCC1. The van der Waals surface area contributed by atoms with E-state index in [9.17, 15) is 4.79 Å². The second kappa shape index (κ2) is 6.01. The number of carbonyl (C=O) groups is 1. The van der Waals surface area contributed by atoms with Gasteiger partial charge in [0.25, 0.3) is 0 Å². The second-order valence-electron chi connectivity index (χ2n) is 5.04. The maximum absolute atomic E-state index is 12.0. The lowest BCUT2D eigenvalue weighted by Gasteiger charge is -2.20. The summed E-state index contributed by atoms with van der Waals surface area (Å²) in [6, 6.07) is 7.55. The van der Waals surface area contributed by atoms with Crippen LogP contribution >= 0.6 is 0 Å². The summed E-state index contributed by atoms with van der Waals surface area (Å²) in [5.41, 5.74) is 1.64. The Labute approximate surface area is 109 Å². The highest BCUT2D eigenvalue weighted by Crippen LogP contribution is 2.12. The number of hydrogen-bond donors (Lipinski definition) is 0. The molecule has 1 aromatic rings. The Bertz CT molecular complexity index is 411. The molecule has 0 saturated carbocycles. The minimum absolute atomic E-state index is 0.0461. The summed E-state index contributed by atoms with van der Waals surface area (Å²) in [6.45, 7) is 7.01. The quantitative estimate of drug-likeness (QED) is 0.766. The first-order chi connectivity index (χ1) is 8.66. The summed E-state index contributed by atoms with van der Waals surface area (Å²) < 4.78 is 5.50. The summed E-state index contributed by atoms with van der Waals surface area (Å²) >= 11 is 0. The summed E-state index contributed by atoms with van der Waals surface area (Å²) in [4.78, 5) is 14.4. The van der Waals surface area contributed by atoms with Crippen molar-refractivity contribution in [3.63, 3.8) is 0 Å². The molecule has 0 spiro atoms. The monoisotopic (exact) mass is 247 g/mol. The van der Waals surface area contributed by atoms with E-state index in [1.54, 1.807) is 0 Å². The molecular formula is C15H21NO2. The molecule has 0 bridgehead atoms. The van der Waals surface area contributed by atoms with Gasteiger partial charge >= 0.3 is 5.97 Å². The summed E-state index contributed by atoms with van der Waals surface area (Å²) in [5, 5.41) is 0. The number of carbonyl (C=O) groups excluding carboxylic acids is 1. The zero-order valence-corrected chi connectivity index (χ0v) is 11.2. The van der Waals surface area contributed by atoms with Crippen LogP contribution in [0.2, 0.25) is 0 Å². The van der Waals surface area contributed by atoms with Crippen molar-refractivity contribution < 1.29 is 9.53 Å². The highest BCUT2D eigenvalue weighted by molar-refractivity contribution is 5.91. The van der Waals surface area contributed by atoms with Crippen LogP contribution in [0.4, 0.5) is 0 Å². The van der Waals surface area contributed by atoms with Crippen molar-refractivity contribution in [2.75, 3.05) is 19.6 Å². The number of nitrogens with zero attached hydrogens (tertiary/aromatic N) is 1. The minimum atomic E-state index is -0.209. The molecule has 3 nitrogen and oxygen atoms in total. The summed E-state index contributed by atoms with van der Waals surface area (Å²) in [7, 11) is 0. The van der Waals surface area contributed by atoms with Gasteiger partial charge in [0, 0.05) is 6.54 Å². The molecule has 2 rings (SSSR count). The van der Waals surface area contributed by atoms with Crippen LogP contribution in [-0.4, -0.2) is 36.6 Å². The molecule has 0 N–H and O–H groups in total. The van der Waals surface area contributed by atoms with Crippen molar-refractivity contribution in [2.24, 2.45) is 0 Å². The molecular weight excluding hydrogens is 226 g/mol. The molecule has 1 atom stereocenters. The van der Waals surface area contributed by atoms with Crippen molar-refractivity contribution >= 4 is 5.97 Å². The number of likely N-dealkylation sites (tertiary alicyclic amines) is 1. The van der Waals surface area contributed by atoms with Crippen molar-refractivity contribution in [1.82, 2.24) is 4.90 Å². The molecule has 0 aliphatic carbocycles. The predicted octanol–water partition coefficient (Wildman–Crippen LogP) is 2.64. The first-order valence-corrected chi connectivity index (χ1v) is 6.66. The zero-order chi connectivity index (χ0) is 13.0. The van der Waals surface area contributed by atoms with Crippen LogP contribution in [0, 0.1) is 6.92 Å². The molecule has 98 valence electrons. The fourth-order valence-electron chi connectivity index (χ4n) is 2.41. The van der Waals surface area contributed by atoms with E-state index in [1.165, 1.54) is 12.8 Å². The average molecular weight is 247 g/mol. The summed E-state index contributed by atoms with van der Waals surface area (Å²) in [5.74, 6) is -0.209. The van der Waals surface area contributed by atoms with Crippen LogP contribution in [0.1, 0.15) is 35.7 Å². The fraction of sp³-hybridized carbons (Fsp3) is 0.533. The molecule has 3 heteroatoms. The average Bonchev–Trinajstić information content (AvgIpc) is 2.82. The van der Waals surface area contributed by atoms with E-state index < -0.39 is 0 Å². The van der Waals surface area contributed by atoms with Gasteiger partial charge < -0.3 is 4.74 Å². The van der Waals surface area contributed by atoms with Crippen LogP contribution in [0.5, 0.6) is 0 Å². The molecule has 1 heterocycles. The number of hydrogen-bond acceptors (Lipinski definition) is 3. The van der Waals surface area contributed by atoms with E-state index in [-0.39, 0.29) is 12.1 Å². The third-order valence-electron chi connectivity index (χ3n) is 3.39. The maximum Gasteiger partial charge on any atom is 0.338 e. The van der Waals surface area contributed by atoms with Gasteiger partial charge in [0.15, 0.2) is 0 Å². The number of aryl methyl sites for hydroxylation is 1. The smallest absolute Gasteiger partial charge is 0.338 e. The molecule has 1 saturated heterocycles. The van der Waals surface area contributed by atoms with Crippen molar-refractivity contribution in [3.8, 4) is 0 Å². The van der Waals surface area contributed by atoms with E-state index in [0.717, 1.165) is 25.2 Å². The third kappa shape index (κ3) is 3.33. The Balaban J connectivity index is 1.88. The fourth-order valence-corrected chi connectivity index (χ4v) is 2.41. The normalized spacial score (nSPS) is 17.7. The summed E-state index contributed by atoms with van der Waals surface area (Å²) in [6.07, 6.45) is 2.48. The van der Waals surface area contributed by atoms with Gasteiger partial charge in [-0.2, -0.15) is 0 Å². The molecule has 0 amide bonds. The Morgan fingerprint density at radius 3 is 2.67 bits per heavy atom. The lowest BCUT2D eigenvalue weighted by atomic mass is 10.1. The standard InChI is InChI=1S/C15H21NO2/c1-12-7-3-4-8-14(12)15(17)18-13(2)11-16-9-5-6-10-16/h3-4,7-8,13H,5-6,9-11H2,1-2H3. The maximum atomic E-state index is 12.0. The highest BCUT2D eigenvalue weighted by Gasteiger charge is 2.18. The van der Waals surface area contributed by atoms with E-state index >= 15 is 0 Å². The van der Waals surface area contributed by atoms with Crippen molar-refractivity contribution in [1.29, 1.82) is 0 Å². The van der Waals surface area contributed by atoms with Crippen LogP contribution in [0.3, 0.4) is 0 Å². The topological polar surface area (TPSA) is 29.5 Å². The van der Waals surface area contributed by atoms with Gasteiger partial charge in [0.05, 0.1) is 5.56 Å². The Hall–Kier alpha value is -1.35. The molecule has 18 heavy (non-hydrogen) atoms. The van der Waals surface area contributed by atoms with Crippen LogP contribution < -0.4 is 0 Å². The zero-order valence-electron chi connectivity index (χ0n) is 11.2. The van der Waals surface area contributed by atoms with Crippen molar-refractivity contribution in [2.45, 2.75) is 32.8 Å². The van der Waals surface area contributed by atoms with Gasteiger partial charge in [0.2, 0.25) is 0 Å². The van der Waals surface area contributed by atoms with Crippen LogP contribution in [0.15, 0.2) is 24.3 Å². The Kier molecular flexibility index (Phi) is 4.37. The molecule has 0 radical (unpaired) electrons. The van der Waals surface area contributed by atoms with Crippen LogP contribution in [0.25, 0.3) is 0 Å². The van der Waals surface area contributed by atoms with E-state index in [2.05, 4.69) is 4.90 Å². The first kappa shape index (κ1) is 13.1. The molecule has 1 unspecified atom stereocenters. The van der Waals surface area contributed by atoms with Gasteiger partial charge in [-0.15, -0.1) is 0 Å². The highest BCUT2D eigenvalue weighted by atomic mass is 16.5. The Morgan fingerprint density at radius 1 is 1.33 bits per heavy atom. The van der Waals surface area contributed by atoms with Crippen LogP contribution in [-0.2, 0) is 4.74 Å². The molecule has 1 aliphatic rings. The second-order valence-corrected chi connectivity index (χ2v) is 5.04. The molecule has 1 aromatic carbocycles. The minimum Gasteiger partial charge on any atom is -0.458 e. The number of esters is 1. The molecule has 0 aromatic heterocycles. The number of ether oxygens (including phenoxy) is 1. The Morgan fingerprint density at radius 2 is 2.00 bits per heavy atom. The van der Waals surface area contributed by atoms with E-state index in [0.29, 0.717) is 5.56 Å². The van der Waals surface area contributed by atoms with E-state index in [4.69, 9.17) is 4.74 Å². The first-order valence-electron chi connectivity index (χ1n) is 6.66. The lowest BCUT2D eigenvalue weighted by Crippen LogP contribution is -2.31. The van der Waals surface area contributed by atoms with Crippen molar-refractivity contribution in [3.05, 3.63) is 35.4 Å². The van der Waals surface area contributed by atoms with Gasteiger partial charge in [-0.3, -0.25) is 4.90 Å². The molecule has 1 fully saturated rings. The van der Waals surface area contributed by atoms with E-state index in [1.807, 2.05) is 38.1 Å². The lowest BCUT2D eigenvalue weighted by molar-refractivity contribution is 0.0270.